The molecule has 0 amide bonds. The smallest absolute Gasteiger partial charge is 0.219 e. The number of aromatic nitrogens is 1. The number of rotatable bonds is 2. The number of ether oxygens (including phenoxy) is 1. The van der Waals surface area contributed by atoms with Crippen LogP contribution in [-0.2, 0) is 5.41 Å². The molecular formula is C15H17NO. The highest BCUT2D eigenvalue weighted by Crippen LogP contribution is 2.26. The van der Waals surface area contributed by atoms with E-state index in [4.69, 9.17) is 4.74 Å². The van der Waals surface area contributed by atoms with Gasteiger partial charge in [0, 0.05) is 12.3 Å². The summed E-state index contributed by atoms with van der Waals surface area (Å²) in [5.41, 5.74) is 1.33. The van der Waals surface area contributed by atoms with Crippen LogP contribution in [0.5, 0.6) is 11.6 Å². The van der Waals surface area contributed by atoms with Gasteiger partial charge in [0.05, 0.1) is 0 Å². The van der Waals surface area contributed by atoms with Crippen molar-refractivity contribution in [3.8, 4) is 11.6 Å². The van der Waals surface area contributed by atoms with Gasteiger partial charge in [-0.2, -0.15) is 0 Å². The number of pyridine rings is 1. The zero-order valence-electron chi connectivity index (χ0n) is 10.5. The van der Waals surface area contributed by atoms with Crippen LogP contribution in [0.15, 0.2) is 48.7 Å². The molecule has 1 aromatic carbocycles. The van der Waals surface area contributed by atoms with Crippen molar-refractivity contribution in [1.82, 2.24) is 4.98 Å². The first kappa shape index (κ1) is 11.6. The van der Waals surface area contributed by atoms with Gasteiger partial charge >= 0.3 is 0 Å². The van der Waals surface area contributed by atoms with Gasteiger partial charge in [0.25, 0.3) is 0 Å². The Kier molecular flexibility index (Phi) is 3.14. The number of para-hydroxylation sites is 1. The Bertz CT molecular complexity index is 486. The normalized spacial score (nSPS) is 11.2. The summed E-state index contributed by atoms with van der Waals surface area (Å²) in [6.45, 7) is 6.53. The molecule has 0 aliphatic carbocycles. The Morgan fingerprint density at radius 2 is 1.71 bits per heavy atom. The molecule has 2 nitrogen and oxygen atoms in total. The topological polar surface area (TPSA) is 22.1 Å². The fourth-order valence-corrected chi connectivity index (χ4v) is 1.54. The average Bonchev–Trinajstić information content (AvgIpc) is 2.29. The molecular weight excluding hydrogens is 210 g/mol. The molecule has 0 N–H and O–H groups in total. The van der Waals surface area contributed by atoms with E-state index < -0.39 is 0 Å². The van der Waals surface area contributed by atoms with E-state index in [0.717, 1.165) is 5.75 Å². The molecule has 0 aliphatic rings. The van der Waals surface area contributed by atoms with Crippen LogP contribution in [0, 0.1) is 0 Å². The minimum Gasteiger partial charge on any atom is -0.439 e. The Morgan fingerprint density at radius 3 is 2.35 bits per heavy atom. The molecule has 0 atom stereocenters. The molecule has 0 radical (unpaired) electrons. The van der Waals surface area contributed by atoms with E-state index in [9.17, 15) is 0 Å². The Balaban J connectivity index is 2.23. The fourth-order valence-electron chi connectivity index (χ4n) is 1.54. The lowest BCUT2D eigenvalue weighted by molar-refractivity contribution is 0.459. The monoisotopic (exact) mass is 227 g/mol. The summed E-state index contributed by atoms with van der Waals surface area (Å²) in [7, 11) is 0. The molecule has 0 saturated carbocycles. The minimum absolute atomic E-state index is 0.109. The van der Waals surface area contributed by atoms with Gasteiger partial charge in [-0.25, -0.2) is 4.98 Å². The van der Waals surface area contributed by atoms with Crippen LogP contribution >= 0.6 is 0 Å². The molecule has 0 aliphatic heterocycles. The van der Waals surface area contributed by atoms with Gasteiger partial charge in [-0.05, 0) is 29.2 Å². The van der Waals surface area contributed by atoms with Crippen molar-refractivity contribution >= 4 is 0 Å². The highest BCUT2D eigenvalue weighted by molar-refractivity contribution is 5.31. The zero-order chi connectivity index (χ0) is 12.3. The maximum absolute atomic E-state index is 5.70. The second kappa shape index (κ2) is 4.58. The van der Waals surface area contributed by atoms with Crippen LogP contribution in [0.2, 0.25) is 0 Å². The number of hydrogen-bond donors (Lipinski definition) is 0. The average molecular weight is 227 g/mol. The van der Waals surface area contributed by atoms with Crippen molar-refractivity contribution in [2.24, 2.45) is 0 Å². The van der Waals surface area contributed by atoms with Gasteiger partial charge in [0.15, 0.2) is 0 Å². The van der Waals surface area contributed by atoms with E-state index >= 15 is 0 Å². The minimum atomic E-state index is 0.109. The molecule has 0 spiro atoms. The first-order valence-corrected chi connectivity index (χ1v) is 5.75. The standard InChI is InChI=1S/C15H17NO/c1-15(2,3)12-9-10-16-14(11-12)17-13-7-5-4-6-8-13/h4-11H,1-3H3. The molecule has 2 rings (SSSR count). The Morgan fingerprint density at radius 1 is 1.00 bits per heavy atom. The van der Waals surface area contributed by atoms with Gasteiger partial charge in [-0.3, -0.25) is 0 Å². The van der Waals surface area contributed by atoms with Crippen LogP contribution in [0.3, 0.4) is 0 Å². The Labute approximate surface area is 102 Å². The molecule has 2 heteroatoms. The lowest BCUT2D eigenvalue weighted by Gasteiger charge is -2.19. The fraction of sp³-hybridized carbons (Fsp3) is 0.267. The van der Waals surface area contributed by atoms with Crippen molar-refractivity contribution in [3.63, 3.8) is 0 Å². The van der Waals surface area contributed by atoms with Crippen molar-refractivity contribution in [3.05, 3.63) is 54.2 Å². The third-order valence-corrected chi connectivity index (χ3v) is 2.57. The Hall–Kier alpha value is -1.83. The summed E-state index contributed by atoms with van der Waals surface area (Å²) in [6.07, 6.45) is 1.79. The van der Waals surface area contributed by atoms with E-state index in [1.54, 1.807) is 6.20 Å². The van der Waals surface area contributed by atoms with Crippen molar-refractivity contribution in [1.29, 1.82) is 0 Å². The zero-order valence-corrected chi connectivity index (χ0v) is 10.5. The molecule has 0 unspecified atom stereocenters. The summed E-state index contributed by atoms with van der Waals surface area (Å²) in [4.78, 5) is 4.23. The van der Waals surface area contributed by atoms with E-state index in [2.05, 4.69) is 25.8 Å². The van der Waals surface area contributed by atoms with Crippen molar-refractivity contribution < 1.29 is 4.74 Å². The van der Waals surface area contributed by atoms with Crippen LogP contribution < -0.4 is 4.74 Å². The quantitative estimate of drug-likeness (QED) is 0.768. The molecule has 0 bridgehead atoms. The third kappa shape index (κ3) is 3.06. The summed E-state index contributed by atoms with van der Waals surface area (Å²) >= 11 is 0. The molecule has 1 aromatic heterocycles. The highest BCUT2D eigenvalue weighted by Gasteiger charge is 2.14. The second-order valence-corrected chi connectivity index (χ2v) is 5.05. The van der Waals surface area contributed by atoms with Gasteiger partial charge in [-0.15, -0.1) is 0 Å². The number of hydrogen-bond acceptors (Lipinski definition) is 2. The van der Waals surface area contributed by atoms with Crippen LogP contribution in [0.1, 0.15) is 26.3 Å². The number of benzene rings is 1. The van der Waals surface area contributed by atoms with Gasteiger partial charge in [0.2, 0.25) is 5.88 Å². The SMILES string of the molecule is CC(C)(C)c1ccnc(Oc2ccccc2)c1. The second-order valence-electron chi connectivity index (χ2n) is 5.05. The molecule has 2 aromatic rings. The molecule has 0 fully saturated rings. The summed E-state index contributed by atoms with van der Waals surface area (Å²) in [5.74, 6) is 1.45. The molecule has 0 saturated heterocycles. The molecule has 88 valence electrons. The van der Waals surface area contributed by atoms with Crippen LogP contribution in [0.25, 0.3) is 0 Å². The van der Waals surface area contributed by atoms with E-state index in [1.807, 2.05) is 42.5 Å². The summed E-state index contributed by atoms with van der Waals surface area (Å²) in [5, 5.41) is 0. The maximum atomic E-state index is 5.70. The third-order valence-electron chi connectivity index (χ3n) is 2.57. The summed E-state index contributed by atoms with van der Waals surface area (Å²) < 4.78 is 5.70. The first-order valence-electron chi connectivity index (χ1n) is 5.75. The highest BCUT2D eigenvalue weighted by atomic mass is 16.5. The van der Waals surface area contributed by atoms with Gasteiger partial charge in [0.1, 0.15) is 5.75 Å². The van der Waals surface area contributed by atoms with Crippen molar-refractivity contribution in [2.45, 2.75) is 26.2 Å². The van der Waals surface area contributed by atoms with E-state index in [1.165, 1.54) is 5.56 Å². The number of nitrogens with zero attached hydrogens (tertiary/aromatic N) is 1. The first-order chi connectivity index (χ1) is 8.05. The lowest BCUT2D eigenvalue weighted by atomic mass is 9.88. The molecule has 17 heavy (non-hydrogen) atoms. The van der Waals surface area contributed by atoms with Gasteiger partial charge in [-0.1, -0.05) is 39.0 Å². The lowest BCUT2D eigenvalue weighted by Crippen LogP contribution is -2.11. The van der Waals surface area contributed by atoms with E-state index in [0.29, 0.717) is 5.88 Å². The summed E-state index contributed by atoms with van der Waals surface area (Å²) in [6, 6.07) is 13.7. The van der Waals surface area contributed by atoms with Crippen LogP contribution in [-0.4, -0.2) is 4.98 Å². The van der Waals surface area contributed by atoms with Gasteiger partial charge < -0.3 is 4.74 Å². The van der Waals surface area contributed by atoms with Crippen LogP contribution in [0.4, 0.5) is 0 Å². The predicted octanol–water partition coefficient (Wildman–Crippen LogP) is 4.17. The largest absolute Gasteiger partial charge is 0.439 e. The van der Waals surface area contributed by atoms with Crippen molar-refractivity contribution in [2.75, 3.05) is 0 Å². The molecule has 1 heterocycles. The maximum Gasteiger partial charge on any atom is 0.219 e. The predicted molar refractivity (Wildman–Crippen MR) is 69.5 cm³/mol. The van der Waals surface area contributed by atoms with E-state index in [-0.39, 0.29) is 5.41 Å².